The second-order valence-corrected chi connectivity index (χ2v) is 4.95. The van der Waals surface area contributed by atoms with Crippen molar-refractivity contribution in [2.45, 2.75) is 31.9 Å². The molecule has 0 bridgehead atoms. The molecular weight excluding hydrogens is 320 g/mol. The van der Waals surface area contributed by atoms with Crippen LogP contribution in [0.2, 0.25) is 0 Å². The summed E-state index contributed by atoms with van der Waals surface area (Å²) < 4.78 is 106. The van der Waals surface area contributed by atoms with Crippen LogP contribution < -0.4 is 0 Å². The molecule has 0 aliphatic heterocycles. The van der Waals surface area contributed by atoms with Crippen molar-refractivity contribution in [3.63, 3.8) is 0 Å². The highest BCUT2D eigenvalue weighted by Crippen LogP contribution is 2.49. The zero-order valence-corrected chi connectivity index (χ0v) is 11.1. The second-order valence-electron chi connectivity index (χ2n) is 3.22. The fraction of sp³-hybridized carbons (Fsp3) is 0.778. The Balaban J connectivity index is 5.49. The lowest BCUT2D eigenvalue weighted by atomic mass is 10.2. The SMILES string of the molecule is CCOP(=O)(C#CC(F)(F)C(F)(F)C(F)(F)F)OCC. The van der Waals surface area contributed by atoms with E-state index in [1.165, 1.54) is 13.8 Å². The van der Waals surface area contributed by atoms with Gasteiger partial charge in [0.2, 0.25) is 0 Å². The van der Waals surface area contributed by atoms with Gasteiger partial charge in [0.05, 0.1) is 13.2 Å². The summed E-state index contributed by atoms with van der Waals surface area (Å²) >= 11 is 0. The van der Waals surface area contributed by atoms with E-state index < -0.39 is 25.6 Å². The van der Waals surface area contributed by atoms with Gasteiger partial charge in [-0.15, -0.1) is 0 Å². The number of alkyl halides is 7. The van der Waals surface area contributed by atoms with Crippen molar-refractivity contribution in [2.24, 2.45) is 0 Å². The van der Waals surface area contributed by atoms with Gasteiger partial charge in [-0.25, -0.2) is 4.57 Å². The van der Waals surface area contributed by atoms with E-state index in [0.717, 1.165) is 5.66 Å². The summed E-state index contributed by atoms with van der Waals surface area (Å²) in [5.41, 5.74) is 1.05. The molecule has 0 aliphatic rings. The van der Waals surface area contributed by atoms with E-state index in [-0.39, 0.29) is 13.2 Å². The molecule has 0 spiro atoms. The Morgan fingerprint density at radius 1 is 0.950 bits per heavy atom. The van der Waals surface area contributed by atoms with Crippen molar-refractivity contribution >= 4 is 7.60 Å². The van der Waals surface area contributed by atoms with Crippen molar-refractivity contribution in [3.05, 3.63) is 0 Å². The van der Waals surface area contributed by atoms with Gasteiger partial charge in [0.25, 0.3) is 0 Å². The van der Waals surface area contributed by atoms with Gasteiger partial charge in [-0.1, -0.05) is 0 Å². The molecule has 11 heteroatoms. The fourth-order valence-electron chi connectivity index (χ4n) is 0.837. The quantitative estimate of drug-likeness (QED) is 0.433. The minimum absolute atomic E-state index is 0.326. The van der Waals surface area contributed by atoms with E-state index in [9.17, 15) is 35.3 Å². The van der Waals surface area contributed by atoms with Crippen LogP contribution in [0, 0.1) is 11.6 Å². The highest BCUT2D eigenvalue weighted by molar-refractivity contribution is 7.59. The Bertz CT molecular complexity index is 425. The molecule has 0 aromatic rings. The Morgan fingerprint density at radius 2 is 1.35 bits per heavy atom. The summed E-state index contributed by atoms with van der Waals surface area (Å²) in [5, 5.41) is 0. The van der Waals surface area contributed by atoms with Crippen LogP contribution in [0.3, 0.4) is 0 Å². The second kappa shape index (κ2) is 6.33. The zero-order valence-electron chi connectivity index (χ0n) is 10.2. The molecule has 0 radical (unpaired) electrons. The van der Waals surface area contributed by atoms with Crippen molar-refractivity contribution < 1.29 is 44.3 Å². The summed E-state index contributed by atoms with van der Waals surface area (Å²) in [6.07, 6.45) is -6.51. The van der Waals surface area contributed by atoms with Gasteiger partial charge >= 0.3 is 25.6 Å². The lowest BCUT2D eigenvalue weighted by Gasteiger charge is -2.24. The molecule has 0 aliphatic carbocycles. The van der Waals surface area contributed by atoms with Gasteiger partial charge in [0.1, 0.15) is 0 Å². The minimum atomic E-state index is -6.51. The van der Waals surface area contributed by atoms with E-state index in [1.54, 1.807) is 0 Å². The largest absolute Gasteiger partial charge is 0.461 e. The van der Waals surface area contributed by atoms with E-state index in [4.69, 9.17) is 0 Å². The number of hydrogen-bond acceptors (Lipinski definition) is 3. The lowest BCUT2D eigenvalue weighted by Crippen LogP contribution is -2.51. The summed E-state index contributed by atoms with van der Waals surface area (Å²) in [5.74, 6) is -11.8. The molecule has 0 saturated carbocycles. The predicted octanol–water partition coefficient (Wildman–Crippen LogP) is 4.05. The van der Waals surface area contributed by atoms with Crippen LogP contribution in [0.5, 0.6) is 0 Å². The van der Waals surface area contributed by atoms with Crippen molar-refractivity contribution in [2.75, 3.05) is 13.2 Å². The standard InChI is InChI=1S/C9H10F7O3P/c1-3-18-20(17,19-4-2)6-5-7(10,11)8(12,13)9(14,15)16/h3-4H2,1-2H3. The molecule has 0 amide bonds. The Hall–Kier alpha value is -0.780. The zero-order chi connectivity index (χ0) is 16.2. The number of hydrogen-bond donors (Lipinski definition) is 0. The van der Waals surface area contributed by atoms with Gasteiger partial charge in [-0.3, -0.25) is 9.05 Å². The minimum Gasteiger partial charge on any atom is -0.300 e. The number of rotatable bonds is 5. The normalized spacial score (nSPS) is 13.8. The van der Waals surface area contributed by atoms with Crippen LogP contribution in [0.4, 0.5) is 30.7 Å². The van der Waals surface area contributed by atoms with E-state index in [0.29, 0.717) is 5.92 Å². The lowest BCUT2D eigenvalue weighted by molar-refractivity contribution is -0.339. The van der Waals surface area contributed by atoms with Crippen LogP contribution in [0.25, 0.3) is 0 Å². The van der Waals surface area contributed by atoms with Gasteiger partial charge in [-0.2, -0.15) is 30.7 Å². The molecule has 0 N–H and O–H groups in total. The van der Waals surface area contributed by atoms with Crippen LogP contribution in [-0.2, 0) is 13.6 Å². The summed E-state index contributed by atoms with van der Waals surface area (Å²) in [6.45, 7) is 1.89. The molecule has 0 fully saturated rings. The molecule has 0 aromatic carbocycles. The summed E-state index contributed by atoms with van der Waals surface area (Å²) in [6, 6.07) is 0. The maximum Gasteiger partial charge on any atom is 0.461 e. The Labute approximate surface area is 110 Å². The average molecular weight is 330 g/mol. The van der Waals surface area contributed by atoms with Crippen LogP contribution in [0.1, 0.15) is 13.8 Å². The molecule has 20 heavy (non-hydrogen) atoms. The van der Waals surface area contributed by atoms with E-state index in [1.807, 2.05) is 0 Å². The van der Waals surface area contributed by atoms with Gasteiger partial charge in [0, 0.05) is 5.66 Å². The summed E-state index contributed by atoms with van der Waals surface area (Å²) in [7, 11) is -4.48. The average Bonchev–Trinajstić information content (AvgIpc) is 2.25. The first-order chi connectivity index (χ1) is 8.83. The molecule has 0 atom stereocenters. The molecular formula is C9H10F7O3P. The predicted molar refractivity (Wildman–Crippen MR) is 54.6 cm³/mol. The first-order valence-corrected chi connectivity index (χ1v) is 6.63. The fourth-order valence-corrected chi connectivity index (χ4v) is 2.00. The molecule has 0 saturated heterocycles. The van der Waals surface area contributed by atoms with Gasteiger partial charge < -0.3 is 0 Å². The Kier molecular flexibility index (Phi) is 6.08. The van der Waals surface area contributed by atoms with Crippen molar-refractivity contribution in [3.8, 4) is 11.6 Å². The van der Waals surface area contributed by atoms with Gasteiger partial charge in [-0.05, 0) is 19.8 Å². The molecule has 0 unspecified atom stereocenters. The van der Waals surface area contributed by atoms with E-state index >= 15 is 0 Å². The maximum atomic E-state index is 12.8. The molecule has 0 rings (SSSR count). The highest BCUT2D eigenvalue weighted by Gasteiger charge is 2.72. The molecule has 3 nitrogen and oxygen atoms in total. The smallest absolute Gasteiger partial charge is 0.300 e. The van der Waals surface area contributed by atoms with Crippen LogP contribution in [-0.4, -0.2) is 31.2 Å². The van der Waals surface area contributed by atoms with Gasteiger partial charge in [0.15, 0.2) is 0 Å². The molecule has 0 aromatic heterocycles. The molecule has 0 heterocycles. The monoisotopic (exact) mass is 330 g/mol. The number of halogens is 7. The maximum absolute atomic E-state index is 12.8. The van der Waals surface area contributed by atoms with Crippen molar-refractivity contribution in [1.29, 1.82) is 0 Å². The first kappa shape index (κ1) is 19.2. The Morgan fingerprint density at radius 3 is 1.65 bits per heavy atom. The third kappa shape index (κ3) is 4.36. The first-order valence-electron chi connectivity index (χ1n) is 5.09. The van der Waals surface area contributed by atoms with Crippen LogP contribution >= 0.6 is 7.60 Å². The van der Waals surface area contributed by atoms with Crippen molar-refractivity contribution in [1.82, 2.24) is 0 Å². The third-order valence-electron chi connectivity index (χ3n) is 1.70. The molecule has 118 valence electrons. The topological polar surface area (TPSA) is 35.5 Å². The summed E-state index contributed by atoms with van der Waals surface area (Å²) in [4.78, 5) is 0. The highest BCUT2D eigenvalue weighted by atomic mass is 31.2. The van der Waals surface area contributed by atoms with Crippen LogP contribution in [0.15, 0.2) is 0 Å². The van der Waals surface area contributed by atoms with E-state index in [2.05, 4.69) is 9.05 Å². The third-order valence-corrected chi connectivity index (χ3v) is 3.28.